The van der Waals surface area contributed by atoms with Crippen LogP contribution in [0.2, 0.25) is 0 Å². The van der Waals surface area contributed by atoms with E-state index in [4.69, 9.17) is 0 Å². The molecule has 0 saturated heterocycles. The molecule has 1 saturated carbocycles. The Morgan fingerprint density at radius 3 is 2.61 bits per heavy atom. The molecule has 7 heteroatoms. The van der Waals surface area contributed by atoms with Gasteiger partial charge in [0.25, 0.3) is 5.91 Å². The minimum atomic E-state index is -0.920. The number of carbonyl (C=O) groups is 2. The molecule has 0 unspecified atom stereocenters. The second-order valence-electron chi connectivity index (χ2n) is 8.35. The van der Waals surface area contributed by atoms with E-state index in [1.165, 1.54) is 29.8 Å². The van der Waals surface area contributed by atoms with Crippen molar-refractivity contribution in [1.82, 2.24) is 20.2 Å². The molecule has 2 amide bonds. The Morgan fingerprint density at radius 1 is 1.13 bits per heavy atom. The van der Waals surface area contributed by atoms with Crippen molar-refractivity contribution in [3.8, 4) is 5.69 Å². The zero-order valence-corrected chi connectivity index (χ0v) is 17.2. The van der Waals surface area contributed by atoms with Crippen LogP contribution >= 0.6 is 0 Å². The van der Waals surface area contributed by atoms with Crippen molar-refractivity contribution in [1.29, 1.82) is 0 Å². The highest BCUT2D eigenvalue weighted by molar-refractivity contribution is 6.00. The Balaban J connectivity index is 1.36. The first-order valence-corrected chi connectivity index (χ1v) is 10.5. The molecule has 1 aromatic heterocycles. The maximum atomic E-state index is 13.2. The number of rotatable bonds is 4. The van der Waals surface area contributed by atoms with Crippen LogP contribution in [0.15, 0.2) is 54.7 Å². The van der Waals surface area contributed by atoms with Gasteiger partial charge in [0, 0.05) is 17.4 Å². The predicted molar refractivity (Wildman–Crippen MR) is 113 cm³/mol. The van der Waals surface area contributed by atoms with Gasteiger partial charge in [0.15, 0.2) is 0 Å². The first-order valence-electron chi connectivity index (χ1n) is 10.5. The molecule has 5 rings (SSSR count). The molecular formula is C24H23FN4O2. The number of fused-ring (bicyclic) bond motifs is 3. The Labute approximate surface area is 179 Å². The molecule has 3 aromatic rings. The smallest absolute Gasteiger partial charge is 0.252 e. The van der Waals surface area contributed by atoms with Crippen LogP contribution in [0.25, 0.3) is 5.69 Å². The van der Waals surface area contributed by atoms with Crippen molar-refractivity contribution in [3.05, 3.63) is 83.2 Å². The van der Waals surface area contributed by atoms with Crippen LogP contribution in [0.3, 0.4) is 0 Å². The molecule has 2 aromatic carbocycles. The number of para-hydroxylation sites is 1. The van der Waals surface area contributed by atoms with Gasteiger partial charge in [0.1, 0.15) is 17.2 Å². The predicted octanol–water partition coefficient (Wildman–Crippen LogP) is 3.39. The number of carbonyl (C=O) groups excluding carboxylic acids is 2. The monoisotopic (exact) mass is 418 g/mol. The standard InChI is InChI=1S/C24H23FN4O2/c1-15-14-29-20-5-3-2-4-16(20)8-11-19(21(29)26-15)27-23(31)24(12-13-24)28-22(30)17-6-9-18(25)10-7-17/h2-7,9-10,14,19H,8,11-13H2,1H3,(H,27,31)(H,28,30)/t19-/m1/s1. The van der Waals surface area contributed by atoms with Crippen molar-refractivity contribution >= 4 is 11.8 Å². The van der Waals surface area contributed by atoms with E-state index in [2.05, 4.69) is 32.3 Å². The number of hydrogen-bond donors (Lipinski definition) is 2. The fourth-order valence-electron chi connectivity index (χ4n) is 4.20. The van der Waals surface area contributed by atoms with Gasteiger partial charge in [0.2, 0.25) is 5.91 Å². The lowest BCUT2D eigenvalue weighted by Crippen LogP contribution is -2.50. The maximum absolute atomic E-state index is 13.2. The molecule has 6 nitrogen and oxygen atoms in total. The summed E-state index contributed by atoms with van der Waals surface area (Å²) in [6.45, 7) is 1.94. The Hall–Kier alpha value is -3.48. The maximum Gasteiger partial charge on any atom is 0.252 e. The third kappa shape index (κ3) is 3.60. The number of amides is 2. The molecule has 1 atom stereocenters. The van der Waals surface area contributed by atoms with Gasteiger partial charge in [-0.05, 0) is 68.5 Å². The summed E-state index contributed by atoms with van der Waals surface area (Å²) in [7, 11) is 0. The van der Waals surface area contributed by atoms with Gasteiger partial charge >= 0.3 is 0 Å². The number of benzene rings is 2. The highest BCUT2D eigenvalue weighted by Crippen LogP contribution is 2.37. The van der Waals surface area contributed by atoms with Gasteiger partial charge in [-0.2, -0.15) is 0 Å². The Morgan fingerprint density at radius 2 is 1.87 bits per heavy atom. The lowest BCUT2D eigenvalue weighted by molar-refractivity contribution is -0.124. The SMILES string of the molecule is Cc1cn2c(n1)[C@H](NC(=O)C1(NC(=O)c3ccc(F)cc3)CC1)CCc1ccccc1-2. The second-order valence-corrected chi connectivity index (χ2v) is 8.35. The molecule has 2 heterocycles. The molecule has 2 N–H and O–H groups in total. The number of halogens is 1. The van der Waals surface area contributed by atoms with Crippen LogP contribution in [0.4, 0.5) is 4.39 Å². The number of nitrogens with zero attached hydrogens (tertiary/aromatic N) is 2. The number of hydrogen-bond acceptors (Lipinski definition) is 3. The zero-order chi connectivity index (χ0) is 21.6. The lowest BCUT2D eigenvalue weighted by atomic mass is 10.0. The lowest BCUT2D eigenvalue weighted by Gasteiger charge is -2.22. The fourth-order valence-corrected chi connectivity index (χ4v) is 4.20. The van der Waals surface area contributed by atoms with Crippen molar-refractivity contribution < 1.29 is 14.0 Å². The summed E-state index contributed by atoms with van der Waals surface area (Å²) in [6, 6.07) is 13.2. The van der Waals surface area contributed by atoms with E-state index in [1.807, 2.05) is 25.3 Å². The molecule has 0 spiro atoms. The number of nitrogens with one attached hydrogen (secondary N) is 2. The van der Waals surface area contributed by atoms with Gasteiger partial charge in [-0.1, -0.05) is 18.2 Å². The van der Waals surface area contributed by atoms with E-state index in [0.717, 1.165) is 30.0 Å². The van der Waals surface area contributed by atoms with Crippen LogP contribution < -0.4 is 10.6 Å². The van der Waals surface area contributed by atoms with Crippen LogP contribution in [0, 0.1) is 12.7 Å². The topological polar surface area (TPSA) is 76.0 Å². The Kier molecular flexibility index (Phi) is 4.61. The molecule has 0 bridgehead atoms. The molecular weight excluding hydrogens is 395 g/mol. The van der Waals surface area contributed by atoms with Crippen LogP contribution in [-0.2, 0) is 11.2 Å². The number of imidazole rings is 1. The van der Waals surface area contributed by atoms with Crippen LogP contribution in [0.1, 0.15) is 52.7 Å². The first-order chi connectivity index (χ1) is 14.9. The molecule has 0 radical (unpaired) electrons. The van der Waals surface area contributed by atoms with Crippen LogP contribution in [-0.4, -0.2) is 26.9 Å². The van der Waals surface area contributed by atoms with Gasteiger partial charge in [-0.3, -0.25) is 9.59 Å². The van der Waals surface area contributed by atoms with Crippen LogP contribution in [0.5, 0.6) is 0 Å². The highest BCUT2D eigenvalue weighted by Gasteiger charge is 2.52. The van der Waals surface area contributed by atoms with Gasteiger partial charge < -0.3 is 15.2 Å². The van der Waals surface area contributed by atoms with E-state index in [9.17, 15) is 14.0 Å². The van der Waals surface area contributed by atoms with E-state index in [-0.39, 0.29) is 17.9 Å². The number of aromatic nitrogens is 2. The summed E-state index contributed by atoms with van der Waals surface area (Å²) in [4.78, 5) is 30.5. The van der Waals surface area contributed by atoms with Gasteiger partial charge in [-0.15, -0.1) is 0 Å². The van der Waals surface area contributed by atoms with E-state index in [0.29, 0.717) is 18.4 Å². The summed E-state index contributed by atoms with van der Waals surface area (Å²) in [5, 5.41) is 5.99. The van der Waals surface area contributed by atoms with Crippen molar-refractivity contribution in [2.24, 2.45) is 0 Å². The highest BCUT2D eigenvalue weighted by atomic mass is 19.1. The van der Waals surface area contributed by atoms with E-state index >= 15 is 0 Å². The summed E-state index contributed by atoms with van der Waals surface area (Å²) in [5.74, 6) is -0.184. The molecule has 158 valence electrons. The van der Waals surface area contributed by atoms with Crippen molar-refractivity contribution in [3.63, 3.8) is 0 Å². The number of aryl methyl sites for hydroxylation is 2. The summed E-state index contributed by atoms with van der Waals surface area (Å²) in [5.41, 5.74) is 2.59. The summed E-state index contributed by atoms with van der Waals surface area (Å²) in [6.07, 6.45) is 4.68. The van der Waals surface area contributed by atoms with E-state index < -0.39 is 11.4 Å². The quantitative estimate of drug-likeness (QED) is 0.682. The van der Waals surface area contributed by atoms with Crippen molar-refractivity contribution in [2.45, 2.75) is 44.2 Å². The largest absolute Gasteiger partial charge is 0.344 e. The average molecular weight is 418 g/mol. The zero-order valence-electron chi connectivity index (χ0n) is 17.2. The van der Waals surface area contributed by atoms with Gasteiger partial charge in [-0.25, -0.2) is 9.37 Å². The van der Waals surface area contributed by atoms with Crippen molar-refractivity contribution in [2.75, 3.05) is 0 Å². The molecule has 1 fully saturated rings. The minimum Gasteiger partial charge on any atom is -0.344 e. The fraction of sp³-hybridized carbons (Fsp3) is 0.292. The third-order valence-electron chi connectivity index (χ3n) is 6.07. The summed E-state index contributed by atoms with van der Waals surface area (Å²) >= 11 is 0. The second kappa shape index (κ2) is 7.34. The molecule has 1 aliphatic carbocycles. The van der Waals surface area contributed by atoms with E-state index in [1.54, 1.807) is 0 Å². The minimum absolute atomic E-state index is 0.203. The third-order valence-corrected chi connectivity index (χ3v) is 6.07. The Bertz CT molecular complexity index is 1160. The first kappa shape index (κ1) is 19.5. The normalized spacial score (nSPS) is 18.3. The molecule has 1 aliphatic heterocycles. The summed E-state index contributed by atoms with van der Waals surface area (Å²) < 4.78 is 15.2. The molecule has 31 heavy (non-hydrogen) atoms. The van der Waals surface area contributed by atoms with Gasteiger partial charge in [0.05, 0.1) is 11.7 Å². The average Bonchev–Trinajstić information content (AvgIpc) is 3.47. The molecule has 2 aliphatic rings.